The van der Waals surface area contributed by atoms with Gasteiger partial charge in [0.05, 0.1) is 0 Å². The maximum absolute atomic E-state index is 9.05. The average molecular weight is 138 g/mol. The first-order valence-electron chi connectivity index (χ1n) is 0.846. The molecule has 0 spiro atoms. The van der Waals surface area contributed by atoms with Gasteiger partial charge in [0.15, 0.2) is 0 Å². The van der Waals surface area contributed by atoms with Crippen molar-refractivity contribution in [3.63, 3.8) is 0 Å². The molecule has 0 bridgehead atoms. The fraction of sp³-hybridized carbons (Fsp3) is 0.500. The predicted molar refractivity (Wildman–Crippen MR) is 10.5 cm³/mol. The van der Waals surface area contributed by atoms with Crippen LogP contribution in [0.2, 0.25) is 4.81 Å². The quantitative estimate of drug-likeness (QED) is 0.468. The molecule has 0 saturated heterocycles. The molecule has 1 nitrogen and oxygen atoms in total. The van der Waals surface area contributed by atoms with Crippen molar-refractivity contribution < 1.29 is 24.6 Å². The normalized spacial score (nSPS) is 6.00. The summed E-state index contributed by atoms with van der Waals surface area (Å²) in [4.78, 5) is 9.58. The van der Waals surface area contributed by atoms with Crippen LogP contribution in [0, 0.1) is 0 Å². The number of rotatable bonds is 1. The van der Waals surface area contributed by atoms with Gasteiger partial charge < -0.3 is 0 Å². The second-order valence-corrected chi connectivity index (χ2v) is 0.998. The van der Waals surface area contributed by atoms with E-state index in [0.29, 0.717) is 4.81 Å². The number of hydrogen-bond donors (Lipinski definition) is 0. The molecule has 0 unspecified atom stereocenters. The van der Waals surface area contributed by atoms with E-state index in [9.17, 15) is 0 Å². The molecule has 0 aliphatic heterocycles. The third-order valence-corrected chi connectivity index (χ3v) is 0.349. The molecular weight excluding hydrogens is 136 g/mol. The molecule has 0 saturated carbocycles. The van der Waals surface area contributed by atoms with E-state index in [4.69, 9.17) is 4.79 Å². The summed E-state index contributed by atoms with van der Waals surface area (Å²) in [7, 11) is 0. The third kappa shape index (κ3) is 2.36. The number of carbonyl (C=O) groups excluding carboxylic acids is 1. The van der Waals surface area contributed by atoms with Crippen LogP contribution in [0.1, 0.15) is 0 Å². The molecule has 0 N–H and O–H groups in total. The Labute approximate surface area is 36.3 Å². The van der Waals surface area contributed by atoms with Crippen LogP contribution in [0.4, 0.5) is 0 Å². The van der Waals surface area contributed by atoms with E-state index in [0.717, 1.165) is 0 Å². The van der Waals surface area contributed by atoms with E-state index in [-0.39, 0.29) is 0 Å². The SMILES string of the molecule is O=[C][CH2][Mo]. The van der Waals surface area contributed by atoms with Crippen LogP contribution < -0.4 is 0 Å². The topological polar surface area (TPSA) is 17.1 Å². The maximum atomic E-state index is 9.05. The fourth-order valence-corrected chi connectivity index (χ4v) is 0. The Balaban J connectivity index is 2.30. The molecular formula is C2H2MoO. The summed E-state index contributed by atoms with van der Waals surface area (Å²) in [6.07, 6.45) is 1.68. The first kappa shape index (κ1) is 4.36. The summed E-state index contributed by atoms with van der Waals surface area (Å²) in [5.74, 6) is 0. The minimum absolute atomic E-state index is 0.524. The van der Waals surface area contributed by atoms with Gasteiger partial charge >= 0.3 is 35.7 Å². The van der Waals surface area contributed by atoms with Gasteiger partial charge in [0.2, 0.25) is 0 Å². The molecule has 0 amide bonds. The standard InChI is InChI=1S/C2H2O.Mo/c1-2-3;/h1H2;. The van der Waals surface area contributed by atoms with Gasteiger partial charge in [-0.2, -0.15) is 0 Å². The Bertz CT molecular complexity index is 20.0. The van der Waals surface area contributed by atoms with Crippen molar-refractivity contribution in [2.75, 3.05) is 0 Å². The van der Waals surface area contributed by atoms with Gasteiger partial charge in [0.25, 0.3) is 0 Å². The van der Waals surface area contributed by atoms with Gasteiger partial charge in [-0.15, -0.1) is 0 Å². The van der Waals surface area contributed by atoms with Gasteiger partial charge in [0, 0.05) is 0 Å². The van der Waals surface area contributed by atoms with Crippen LogP contribution in [0.5, 0.6) is 0 Å². The van der Waals surface area contributed by atoms with Gasteiger partial charge in [0.1, 0.15) is 0 Å². The third-order valence-electron chi connectivity index (χ3n) is 0.0589. The summed E-state index contributed by atoms with van der Waals surface area (Å²) in [6, 6.07) is 0. The Kier molecular flexibility index (Phi) is 3.66. The fourth-order valence-electron chi connectivity index (χ4n) is 0. The summed E-state index contributed by atoms with van der Waals surface area (Å²) < 4.78 is 0. The van der Waals surface area contributed by atoms with Crippen LogP contribution in [0.15, 0.2) is 0 Å². The molecule has 22 valence electrons. The Morgan fingerprint density at radius 2 is 2.25 bits per heavy atom. The van der Waals surface area contributed by atoms with Gasteiger partial charge in [-0.1, -0.05) is 0 Å². The van der Waals surface area contributed by atoms with E-state index in [1.54, 1.807) is 26.1 Å². The molecule has 0 fully saturated rings. The van der Waals surface area contributed by atoms with Crippen molar-refractivity contribution in [2.45, 2.75) is 4.81 Å². The van der Waals surface area contributed by atoms with E-state index >= 15 is 0 Å². The van der Waals surface area contributed by atoms with Crippen LogP contribution in [0.25, 0.3) is 0 Å². The molecule has 0 heterocycles. The zero-order chi connectivity index (χ0) is 3.41. The molecule has 0 aromatic carbocycles. The number of hydrogen-bond acceptors (Lipinski definition) is 1. The molecule has 0 aliphatic carbocycles. The molecule has 0 aliphatic rings. The first-order valence-corrected chi connectivity index (χ1v) is 2.27. The van der Waals surface area contributed by atoms with Gasteiger partial charge in [-0.25, -0.2) is 0 Å². The Hall–Kier alpha value is 0.358. The van der Waals surface area contributed by atoms with Crippen LogP contribution in [-0.4, -0.2) is 6.29 Å². The van der Waals surface area contributed by atoms with E-state index in [1.165, 1.54) is 0 Å². The van der Waals surface area contributed by atoms with Crippen LogP contribution >= 0.6 is 0 Å². The molecule has 0 rings (SSSR count). The van der Waals surface area contributed by atoms with Crippen molar-refractivity contribution in [2.24, 2.45) is 0 Å². The Morgan fingerprint density at radius 3 is 2.25 bits per heavy atom. The predicted octanol–water partition coefficient (Wildman–Crippen LogP) is 0.0612. The second-order valence-electron chi connectivity index (χ2n) is 0.289. The van der Waals surface area contributed by atoms with Crippen LogP contribution in [-0.2, 0) is 24.6 Å². The minimum atomic E-state index is 0.524. The summed E-state index contributed by atoms with van der Waals surface area (Å²) >= 11 is 1.70. The zero-order valence-electron chi connectivity index (χ0n) is 2.02. The van der Waals surface area contributed by atoms with Gasteiger partial charge in [-0.3, -0.25) is 0 Å². The average Bonchev–Trinajstić information content (AvgIpc) is 1.37. The van der Waals surface area contributed by atoms with Crippen molar-refractivity contribution in [3.8, 4) is 0 Å². The summed E-state index contributed by atoms with van der Waals surface area (Å²) in [6.45, 7) is 0. The zero-order valence-corrected chi connectivity index (χ0v) is 4.03. The molecule has 0 atom stereocenters. The van der Waals surface area contributed by atoms with Crippen molar-refractivity contribution in [1.82, 2.24) is 0 Å². The second kappa shape index (κ2) is 3.36. The van der Waals surface area contributed by atoms with E-state index in [1.807, 2.05) is 0 Å². The van der Waals surface area contributed by atoms with Crippen molar-refractivity contribution in [1.29, 1.82) is 0 Å². The first-order chi connectivity index (χ1) is 1.91. The van der Waals surface area contributed by atoms with Crippen molar-refractivity contribution >= 4 is 6.29 Å². The summed E-state index contributed by atoms with van der Waals surface area (Å²) in [5.41, 5.74) is 0. The molecule has 2 heteroatoms. The molecule has 0 aromatic heterocycles. The van der Waals surface area contributed by atoms with E-state index in [2.05, 4.69) is 0 Å². The Morgan fingerprint density at radius 1 is 2.00 bits per heavy atom. The molecule has 4 heavy (non-hydrogen) atoms. The molecule has 0 aromatic rings. The summed E-state index contributed by atoms with van der Waals surface area (Å²) in [5, 5.41) is 0. The molecule has 1 radical (unpaired) electrons. The van der Waals surface area contributed by atoms with Crippen LogP contribution in [0.3, 0.4) is 0 Å². The monoisotopic (exact) mass is 140 g/mol. The van der Waals surface area contributed by atoms with E-state index < -0.39 is 0 Å². The van der Waals surface area contributed by atoms with Crippen molar-refractivity contribution in [3.05, 3.63) is 0 Å². The van der Waals surface area contributed by atoms with Gasteiger partial charge in [-0.05, 0) is 0 Å².